The number of nitrogens with zero attached hydrogens (tertiary/aromatic N) is 1. The first-order chi connectivity index (χ1) is 11.3. The summed E-state index contributed by atoms with van der Waals surface area (Å²) in [5, 5.41) is 0.266. The van der Waals surface area contributed by atoms with Crippen LogP contribution < -0.4 is 0 Å². The highest BCUT2D eigenvalue weighted by Crippen LogP contribution is 2.27. The standard InChI is InChI=1S/C16H15Cl2NO4S/c1-19(10-16(20)23-11-12-5-3-2-4-6-12)24(21,22)15-9-13(17)7-8-14(15)18/h2-9H,10-11H2,1H3. The zero-order chi connectivity index (χ0) is 17.7. The molecule has 0 N–H and O–H groups in total. The van der Waals surface area contributed by atoms with Crippen LogP contribution in [0.1, 0.15) is 5.56 Å². The molecule has 0 atom stereocenters. The first kappa shape index (κ1) is 18.7. The van der Waals surface area contributed by atoms with Crippen LogP contribution in [-0.2, 0) is 26.2 Å². The molecule has 5 nitrogen and oxygen atoms in total. The Morgan fingerprint density at radius 2 is 1.79 bits per heavy atom. The SMILES string of the molecule is CN(CC(=O)OCc1ccccc1)S(=O)(=O)c1cc(Cl)ccc1Cl. The Hall–Kier alpha value is -1.60. The molecule has 0 saturated carbocycles. The van der Waals surface area contributed by atoms with Gasteiger partial charge in [0.1, 0.15) is 18.0 Å². The van der Waals surface area contributed by atoms with Crippen molar-refractivity contribution in [1.29, 1.82) is 0 Å². The summed E-state index contributed by atoms with van der Waals surface area (Å²) in [6.45, 7) is -0.358. The second-order valence-electron chi connectivity index (χ2n) is 4.98. The Morgan fingerprint density at radius 1 is 1.12 bits per heavy atom. The van der Waals surface area contributed by atoms with E-state index in [9.17, 15) is 13.2 Å². The van der Waals surface area contributed by atoms with Crippen LogP contribution in [0.15, 0.2) is 53.4 Å². The van der Waals surface area contributed by atoms with Crippen LogP contribution in [-0.4, -0.2) is 32.3 Å². The molecule has 0 fully saturated rings. The molecule has 2 rings (SSSR count). The molecule has 8 heteroatoms. The third-order valence-corrected chi connectivity index (χ3v) is 5.70. The van der Waals surface area contributed by atoms with Crippen LogP contribution in [0.5, 0.6) is 0 Å². The maximum Gasteiger partial charge on any atom is 0.321 e. The predicted molar refractivity (Wildman–Crippen MR) is 92.5 cm³/mol. The zero-order valence-electron chi connectivity index (χ0n) is 12.8. The van der Waals surface area contributed by atoms with E-state index in [1.165, 1.54) is 25.2 Å². The Kier molecular flexibility index (Phi) is 6.23. The van der Waals surface area contributed by atoms with Gasteiger partial charge in [-0.15, -0.1) is 0 Å². The molecule has 0 saturated heterocycles. The summed E-state index contributed by atoms with van der Waals surface area (Å²) in [6, 6.07) is 13.2. The summed E-state index contributed by atoms with van der Waals surface area (Å²) in [5.74, 6) is -0.664. The molecule has 0 heterocycles. The molecule has 128 valence electrons. The van der Waals surface area contributed by atoms with E-state index in [0.717, 1.165) is 9.87 Å². The molecule has 0 aliphatic carbocycles. The van der Waals surface area contributed by atoms with Gasteiger partial charge in [0.15, 0.2) is 0 Å². The number of likely N-dealkylation sites (N-methyl/N-ethyl adjacent to an activating group) is 1. The summed E-state index contributed by atoms with van der Waals surface area (Å²) in [5.41, 5.74) is 0.814. The highest BCUT2D eigenvalue weighted by molar-refractivity contribution is 7.89. The van der Waals surface area contributed by atoms with Gasteiger partial charge in [0, 0.05) is 12.1 Å². The maximum atomic E-state index is 12.5. The van der Waals surface area contributed by atoms with E-state index in [1.54, 1.807) is 12.1 Å². The average Bonchev–Trinajstić information content (AvgIpc) is 2.56. The smallest absolute Gasteiger partial charge is 0.321 e. The number of carbonyl (C=O) groups is 1. The Bertz CT molecular complexity index is 825. The molecule has 0 aliphatic rings. The molecule has 0 spiro atoms. The van der Waals surface area contributed by atoms with Gasteiger partial charge in [-0.25, -0.2) is 8.42 Å². The van der Waals surface area contributed by atoms with E-state index in [2.05, 4.69) is 0 Å². The number of benzene rings is 2. The lowest BCUT2D eigenvalue weighted by molar-refractivity contribution is -0.144. The lowest BCUT2D eigenvalue weighted by atomic mass is 10.2. The van der Waals surface area contributed by atoms with Crippen LogP contribution in [0, 0.1) is 0 Å². The largest absolute Gasteiger partial charge is 0.460 e. The van der Waals surface area contributed by atoms with E-state index in [0.29, 0.717) is 0 Å². The van der Waals surface area contributed by atoms with E-state index in [-0.39, 0.29) is 21.5 Å². The number of hydrogen-bond donors (Lipinski definition) is 0. The minimum atomic E-state index is -3.95. The first-order valence-corrected chi connectivity index (χ1v) is 9.11. The summed E-state index contributed by atoms with van der Waals surface area (Å²) in [4.78, 5) is 11.7. The van der Waals surface area contributed by atoms with Gasteiger partial charge in [-0.1, -0.05) is 53.5 Å². The topological polar surface area (TPSA) is 63.7 Å². The van der Waals surface area contributed by atoms with Gasteiger partial charge in [-0.3, -0.25) is 4.79 Å². The van der Waals surface area contributed by atoms with Gasteiger partial charge in [-0.2, -0.15) is 4.31 Å². The monoisotopic (exact) mass is 387 g/mol. The lowest BCUT2D eigenvalue weighted by Crippen LogP contribution is -2.33. The highest BCUT2D eigenvalue weighted by Gasteiger charge is 2.26. The third kappa shape index (κ3) is 4.70. The maximum absolute atomic E-state index is 12.5. The molecule has 0 bridgehead atoms. The number of rotatable bonds is 6. The quantitative estimate of drug-likeness (QED) is 0.712. The van der Waals surface area contributed by atoms with Crippen molar-refractivity contribution < 1.29 is 17.9 Å². The van der Waals surface area contributed by atoms with Gasteiger partial charge >= 0.3 is 5.97 Å². The van der Waals surface area contributed by atoms with E-state index < -0.39 is 22.5 Å². The van der Waals surface area contributed by atoms with Gasteiger partial charge in [0.05, 0.1) is 5.02 Å². The van der Waals surface area contributed by atoms with Crippen LogP contribution in [0.3, 0.4) is 0 Å². The second-order valence-corrected chi connectivity index (χ2v) is 7.84. The van der Waals surface area contributed by atoms with E-state index >= 15 is 0 Å². The van der Waals surface area contributed by atoms with E-state index in [1.807, 2.05) is 18.2 Å². The number of halogens is 2. The number of ether oxygens (including phenoxy) is 1. The molecule has 0 amide bonds. The van der Waals surface area contributed by atoms with Crippen molar-refractivity contribution in [3.8, 4) is 0 Å². The minimum absolute atomic E-state index is 0.0314. The van der Waals surface area contributed by atoms with Crippen LogP contribution in [0.2, 0.25) is 10.0 Å². The third-order valence-electron chi connectivity index (χ3n) is 3.18. The Labute approximate surface area is 150 Å². The summed E-state index contributed by atoms with van der Waals surface area (Å²) >= 11 is 11.7. The molecular formula is C16H15Cl2NO4S. The summed E-state index contributed by atoms with van der Waals surface area (Å²) < 4.78 is 30.9. The summed E-state index contributed by atoms with van der Waals surface area (Å²) in [7, 11) is -2.68. The second kappa shape index (κ2) is 7.98. The van der Waals surface area contributed by atoms with Gasteiger partial charge in [-0.05, 0) is 23.8 Å². The van der Waals surface area contributed by atoms with Crippen molar-refractivity contribution in [3.05, 3.63) is 64.1 Å². The van der Waals surface area contributed by atoms with Crippen molar-refractivity contribution in [2.45, 2.75) is 11.5 Å². The molecule has 24 heavy (non-hydrogen) atoms. The van der Waals surface area contributed by atoms with Crippen molar-refractivity contribution in [3.63, 3.8) is 0 Å². The predicted octanol–water partition coefficient (Wildman–Crippen LogP) is 3.36. The van der Waals surface area contributed by atoms with Crippen LogP contribution in [0.4, 0.5) is 0 Å². The van der Waals surface area contributed by atoms with Gasteiger partial charge in [0.25, 0.3) is 0 Å². The fourth-order valence-electron chi connectivity index (χ4n) is 1.89. The molecular weight excluding hydrogens is 373 g/mol. The highest BCUT2D eigenvalue weighted by atomic mass is 35.5. The van der Waals surface area contributed by atoms with Crippen molar-refractivity contribution in [2.24, 2.45) is 0 Å². The van der Waals surface area contributed by atoms with E-state index in [4.69, 9.17) is 27.9 Å². The molecule has 2 aromatic rings. The van der Waals surface area contributed by atoms with Crippen LogP contribution >= 0.6 is 23.2 Å². The summed E-state index contributed by atoms with van der Waals surface area (Å²) in [6.07, 6.45) is 0. The molecule has 2 aromatic carbocycles. The number of sulfonamides is 1. The van der Waals surface area contributed by atoms with Crippen molar-refractivity contribution in [1.82, 2.24) is 4.31 Å². The number of carbonyl (C=O) groups excluding carboxylic acids is 1. The minimum Gasteiger partial charge on any atom is -0.460 e. The average molecular weight is 388 g/mol. The molecule has 0 unspecified atom stereocenters. The van der Waals surface area contributed by atoms with Crippen molar-refractivity contribution in [2.75, 3.05) is 13.6 Å². The fourth-order valence-corrected chi connectivity index (χ4v) is 3.74. The Balaban J connectivity index is 2.03. The van der Waals surface area contributed by atoms with Crippen molar-refractivity contribution >= 4 is 39.2 Å². The lowest BCUT2D eigenvalue weighted by Gasteiger charge is -2.17. The fraction of sp³-hybridized carbons (Fsp3) is 0.188. The Morgan fingerprint density at radius 3 is 2.46 bits per heavy atom. The number of hydrogen-bond acceptors (Lipinski definition) is 4. The molecule has 0 aromatic heterocycles. The van der Waals surface area contributed by atoms with Crippen LogP contribution in [0.25, 0.3) is 0 Å². The van der Waals surface area contributed by atoms with Gasteiger partial charge < -0.3 is 4.74 Å². The number of esters is 1. The van der Waals surface area contributed by atoms with Gasteiger partial charge in [0.2, 0.25) is 10.0 Å². The first-order valence-electron chi connectivity index (χ1n) is 6.91. The molecule has 0 aliphatic heterocycles. The normalized spacial score (nSPS) is 11.5. The zero-order valence-corrected chi connectivity index (χ0v) is 15.1. The molecule has 0 radical (unpaired) electrons.